The molecule has 3 unspecified atom stereocenters. The van der Waals surface area contributed by atoms with Gasteiger partial charge in [0.2, 0.25) is 0 Å². The van der Waals surface area contributed by atoms with Crippen molar-refractivity contribution < 1.29 is 19.3 Å². The van der Waals surface area contributed by atoms with Crippen LogP contribution in [-0.2, 0) is 11.2 Å². The van der Waals surface area contributed by atoms with Gasteiger partial charge in [0, 0.05) is 11.8 Å². The number of fused-ring (bicyclic) bond motifs is 4. The minimum absolute atomic E-state index is 0.000562. The first-order valence-corrected chi connectivity index (χ1v) is 21.4. The number of aromatic carboxylic acids is 1. The number of hydrogen-bond donors (Lipinski definition) is 3. The number of hydroxylamine groups is 1. The van der Waals surface area contributed by atoms with Crippen LogP contribution in [0.15, 0.2) is 73.1 Å². The van der Waals surface area contributed by atoms with Crippen LogP contribution in [0, 0.1) is 23.7 Å². The molecule has 2 fully saturated rings. The van der Waals surface area contributed by atoms with E-state index in [2.05, 4.69) is 46.5 Å². The number of hydrogen-bond acceptors (Lipinski definition) is 9. The molecule has 3 N–H and O–H groups in total. The van der Waals surface area contributed by atoms with Crippen molar-refractivity contribution in [3.05, 3.63) is 90.0 Å². The summed E-state index contributed by atoms with van der Waals surface area (Å²) in [6, 6.07) is 18.6. The Morgan fingerprint density at radius 1 is 1.08 bits per heavy atom. The van der Waals surface area contributed by atoms with E-state index in [1.54, 1.807) is 18.5 Å². The number of benzene rings is 2. The Morgan fingerprint density at radius 3 is 2.72 bits per heavy atom. The van der Waals surface area contributed by atoms with Gasteiger partial charge in [0.15, 0.2) is 5.13 Å². The molecule has 2 aliphatic heterocycles. The van der Waals surface area contributed by atoms with Crippen LogP contribution in [0.25, 0.3) is 43.5 Å². The number of carboxylic acids is 1. The molecule has 3 atom stereocenters. The molecule has 274 valence electrons. The number of rotatable bonds is 9. The predicted octanol–water partition coefficient (Wildman–Crippen LogP) is 8.30. The fourth-order valence-electron chi connectivity index (χ4n) is 9.90. The molecular weight excluding hydrogens is 706 g/mol. The molecule has 2 aliphatic rings. The summed E-state index contributed by atoms with van der Waals surface area (Å²) < 4.78 is 8.49. The van der Waals surface area contributed by atoms with Gasteiger partial charge in [-0.1, -0.05) is 29.5 Å². The number of aromatic nitrogens is 5. The fourth-order valence-corrected chi connectivity index (χ4v) is 16.8. The summed E-state index contributed by atoms with van der Waals surface area (Å²) in [4.78, 5) is 40.5. The van der Waals surface area contributed by atoms with Gasteiger partial charge in [0.25, 0.3) is 5.91 Å². The summed E-state index contributed by atoms with van der Waals surface area (Å²) in [5.41, 5.74) is 7.83. The molecule has 8 rings (SSSR count). The number of amides is 1. The zero-order valence-electron chi connectivity index (χ0n) is 30.6. The van der Waals surface area contributed by atoms with Gasteiger partial charge >= 0.3 is 202 Å². The summed E-state index contributed by atoms with van der Waals surface area (Å²) in [6.07, 6.45) is 9.18. The first kappa shape index (κ1) is 35.4. The predicted molar refractivity (Wildman–Crippen MR) is 213 cm³/mol. The summed E-state index contributed by atoms with van der Waals surface area (Å²) in [5, 5.41) is 20.2. The van der Waals surface area contributed by atoms with E-state index >= 15 is 0 Å². The quantitative estimate of drug-likeness (QED) is 0.0982. The second-order valence-corrected chi connectivity index (χ2v) is 20.6. The maximum atomic E-state index is 13.5. The average Bonchev–Trinajstić information content (AvgIpc) is 3.67. The topological polar surface area (TPSA) is 144 Å². The average molecular weight is 750 g/mol. The molecule has 0 spiro atoms. The normalized spacial score (nSPS) is 22.8. The van der Waals surface area contributed by atoms with Crippen molar-refractivity contribution >= 4 is 57.0 Å². The number of anilines is 1. The van der Waals surface area contributed by atoms with E-state index in [0.29, 0.717) is 33.4 Å². The summed E-state index contributed by atoms with van der Waals surface area (Å²) in [5.74, 6) is -0.757. The molecule has 0 saturated carbocycles. The molecule has 6 heterocycles. The van der Waals surface area contributed by atoms with Crippen LogP contribution in [0.1, 0.15) is 60.2 Å². The van der Waals surface area contributed by atoms with E-state index in [1.807, 2.05) is 73.3 Å². The molecule has 2 aromatic carbocycles. The number of nitrogens with one attached hydrogen (secondary N) is 2. The van der Waals surface area contributed by atoms with Gasteiger partial charge in [0.1, 0.15) is 10.3 Å². The van der Waals surface area contributed by atoms with E-state index < -0.39 is 13.5 Å². The van der Waals surface area contributed by atoms with Gasteiger partial charge in [-0.25, -0.2) is 9.97 Å². The van der Waals surface area contributed by atoms with Gasteiger partial charge in [-0.2, -0.15) is 0 Å². The third-order valence-electron chi connectivity index (χ3n) is 11.1. The fraction of sp³-hybridized carbons (Fsp3) is 0.350. The summed E-state index contributed by atoms with van der Waals surface area (Å²) in [6.45, 7) is 9.92. The number of nitrogens with zero attached hydrogens (tertiary/aromatic N) is 5. The third-order valence-corrected chi connectivity index (χ3v) is 17.0. The van der Waals surface area contributed by atoms with Crippen LogP contribution in [0.3, 0.4) is 0 Å². The van der Waals surface area contributed by atoms with E-state index in [-0.39, 0.29) is 22.4 Å². The second kappa shape index (κ2) is 13.4. The second-order valence-electron chi connectivity index (χ2n) is 15.9. The Hall–Kier alpha value is -4.61. The van der Waals surface area contributed by atoms with Gasteiger partial charge in [-0.15, -0.1) is 0 Å². The Kier molecular flexibility index (Phi) is 8.92. The number of pyridine rings is 2. The maximum absolute atomic E-state index is 13.5. The summed E-state index contributed by atoms with van der Waals surface area (Å²) >= 11 is 1.31. The minimum atomic E-state index is -2.01. The molecule has 2 bridgehead atoms. The number of carboxylic acid groups (broad SMARTS) is 1. The van der Waals surface area contributed by atoms with Gasteiger partial charge in [-0.3, -0.25) is 10.1 Å². The van der Waals surface area contributed by atoms with E-state index in [4.69, 9.17) is 9.72 Å². The van der Waals surface area contributed by atoms with Gasteiger partial charge < -0.3 is 0 Å². The monoisotopic (exact) mass is 749 g/mol. The van der Waals surface area contributed by atoms with Gasteiger partial charge in [-0.05, 0) is 29.0 Å². The molecule has 11 nitrogen and oxygen atoms in total. The zero-order valence-corrected chi connectivity index (χ0v) is 32.4. The van der Waals surface area contributed by atoms with Crippen molar-refractivity contribution in [1.82, 2.24) is 30.2 Å². The van der Waals surface area contributed by atoms with Crippen LogP contribution in [0.4, 0.5) is 5.13 Å². The Morgan fingerprint density at radius 2 is 1.92 bits per heavy atom. The summed E-state index contributed by atoms with van der Waals surface area (Å²) in [7, 11) is -0.130. The standard InChI is InChI=1S/C40H44N7O4PS/c1-24-17-39(3)20-40(4,23-52(19-24,22-39)51-41-5)21-47-25(2)31(18-43-47)28-13-14-32(44-34(28)37(49)50)27-12-11-26-8-6-9-29(30(26)16-27)35(48)46-38-45-33-10-7-15-42-36(33)53-38/h6-16,18,24,41,52H,17,19-23H2,1-5H3,(H,49,50)(H,45,46,48). The molecular formula is C40H44N7O4PS. The van der Waals surface area contributed by atoms with E-state index in [1.165, 1.54) is 23.9 Å². The first-order valence-electron chi connectivity index (χ1n) is 18.0. The van der Waals surface area contributed by atoms with E-state index in [0.717, 1.165) is 57.7 Å². The number of carbonyl (C=O) groups is 2. The Balaban J connectivity index is 1.08. The molecule has 0 radical (unpaired) electrons. The van der Waals surface area contributed by atoms with Crippen LogP contribution in [-0.4, -0.2) is 67.2 Å². The zero-order chi connectivity index (χ0) is 37.1. The number of thiazole rings is 1. The van der Waals surface area contributed by atoms with Crippen molar-refractivity contribution in [3.8, 4) is 22.4 Å². The van der Waals surface area contributed by atoms with Crippen LogP contribution in [0.2, 0.25) is 0 Å². The van der Waals surface area contributed by atoms with Crippen LogP contribution in [0.5, 0.6) is 0 Å². The van der Waals surface area contributed by atoms with E-state index in [9.17, 15) is 14.7 Å². The molecule has 1 amide bonds. The third kappa shape index (κ3) is 6.74. The van der Waals surface area contributed by atoms with Crippen molar-refractivity contribution in [1.29, 1.82) is 0 Å². The molecule has 53 heavy (non-hydrogen) atoms. The van der Waals surface area contributed by atoms with Crippen LogP contribution >= 0.6 is 18.8 Å². The first-order chi connectivity index (χ1) is 25.4. The molecule has 13 heteroatoms. The van der Waals surface area contributed by atoms with Crippen LogP contribution < -0.4 is 10.8 Å². The molecule has 4 aromatic heterocycles. The molecule has 0 aliphatic carbocycles. The van der Waals surface area contributed by atoms with Gasteiger partial charge in [0.05, 0.1) is 0 Å². The molecule has 2 saturated heterocycles. The van der Waals surface area contributed by atoms with Crippen molar-refractivity contribution in [2.24, 2.45) is 16.7 Å². The Labute approximate surface area is 312 Å². The van der Waals surface area contributed by atoms with Crippen molar-refractivity contribution in [2.45, 2.75) is 47.1 Å². The van der Waals surface area contributed by atoms with Crippen molar-refractivity contribution in [2.75, 3.05) is 30.9 Å². The Bertz CT molecular complexity index is 2380. The molecule has 6 aromatic rings. The van der Waals surface area contributed by atoms with Crippen molar-refractivity contribution in [3.63, 3.8) is 0 Å². The number of carbonyl (C=O) groups excluding carboxylic acids is 1. The SMILES string of the molecule is CNO[PH]12CC(C)CC(C)(CC(C)(Cn3ncc(-c4ccc(-c5ccc6cccc(C(=O)Nc7nc8cccnc8s7)c6c5)nc4C(=O)O)c3C)C1)C2.